The van der Waals surface area contributed by atoms with Crippen molar-refractivity contribution in [3.63, 3.8) is 0 Å². The molecule has 1 heteroatoms. The predicted octanol–water partition coefficient (Wildman–Crippen LogP) is 4.88. The zero-order chi connectivity index (χ0) is 14.0. The molecule has 0 amide bonds. The summed E-state index contributed by atoms with van der Waals surface area (Å²) < 4.78 is 0. The first-order valence-electron chi connectivity index (χ1n) is 7.47. The zero-order valence-electron chi connectivity index (χ0n) is 12.7. The second-order valence-corrected chi connectivity index (χ2v) is 7.11. The lowest BCUT2D eigenvalue weighted by Crippen LogP contribution is -2.19. The summed E-state index contributed by atoms with van der Waals surface area (Å²) in [4.78, 5) is 12.4. The van der Waals surface area contributed by atoms with Crippen molar-refractivity contribution in [1.82, 2.24) is 0 Å². The van der Waals surface area contributed by atoms with E-state index in [1.165, 1.54) is 17.5 Å². The monoisotopic (exact) mass is 258 g/mol. The van der Waals surface area contributed by atoms with Crippen LogP contribution >= 0.6 is 0 Å². The molecule has 0 heterocycles. The van der Waals surface area contributed by atoms with Crippen LogP contribution in [0.4, 0.5) is 0 Å². The molecule has 1 fully saturated rings. The van der Waals surface area contributed by atoms with Crippen LogP contribution in [0.25, 0.3) is 0 Å². The Balaban J connectivity index is 2.15. The topological polar surface area (TPSA) is 17.1 Å². The van der Waals surface area contributed by atoms with E-state index >= 15 is 0 Å². The van der Waals surface area contributed by atoms with Gasteiger partial charge in [-0.05, 0) is 43.1 Å². The Morgan fingerprint density at radius 3 is 2.21 bits per heavy atom. The summed E-state index contributed by atoms with van der Waals surface area (Å²) in [6.45, 7) is 8.99. The lowest BCUT2D eigenvalue weighted by Gasteiger charge is -2.29. The molecule has 0 saturated heterocycles. The fraction of sp³-hybridized carbons (Fsp3) is 0.611. The van der Waals surface area contributed by atoms with Gasteiger partial charge in [-0.25, -0.2) is 0 Å². The minimum atomic E-state index is 0.132. The van der Waals surface area contributed by atoms with Crippen LogP contribution in [0.3, 0.4) is 0 Å². The highest BCUT2D eigenvalue weighted by atomic mass is 16.1. The third-order valence-corrected chi connectivity index (χ3v) is 4.64. The number of aryl methyl sites for hydroxylation is 1. The van der Waals surface area contributed by atoms with E-state index in [0.717, 1.165) is 19.3 Å². The van der Waals surface area contributed by atoms with Crippen molar-refractivity contribution in [2.24, 2.45) is 11.3 Å². The average Bonchev–Trinajstić information content (AvgIpc) is 2.52. The van der Waals surface area contributed by atoms with Crippen LogP contribution in [-0.2, 0) is 4.79 Å². The van der Waals surface area contributed by atoms with Crippen LogP contribution in [0.2, 0.25) is 0 Å². The van der Waals surface area contributed by atoms with Crippen molar-refractivity contribution in [3.05, 3.63) is 35.4 Å². The Labute approximate surface area is 117 Å². The molecule has 0 aromatic heterocycles. The lowest BCUT2D eigenvalue weighted by atomic mass is 9.76. The molecule has 0 aliphatic heterocycles. The minimum absolute atomic E-state index is 0.132. The second-order valence-electron chi connectivity index (χ2n) is 7.11. The predicted molar refractivity (Wildman–Crippen MR) is 80.3 cm³/mol. The molecule has 19 heavy (non-hydrogen) atoms. The Morgan fingerprint density at radius 2 is 1.63 bits per heavy atom. The highest BCUT2D eigenvalue weighted by molar-refractivity contribution is 5.86. The summed E-state index contributed by atoms with van der Waals surface area (Å²) in [6, 6.07) is 8.51. The number of carbonyl (C=O) groups is 1. The largest absolute Gasteiger partial charge is 0.299 e. The fourth-order valence-corrected chi connectivity index (χ4v) is 3.18. The van der Waals surface area contributed by atoms with Crippen molar-refractivity contribution < 1.29 is 4.79 Å². The number of carbonyl (C=O) groups excluding carboxylic acids is 1. The van der Waals surface area contributed by atoms with E-state index in [9.17, 15) is 4.79 Å². The van der Waals surface area contributed by atoms with E-state index in [0.29, 0.717) is 17.1 Å². The first-order valence-corrected chi connectivity index (χ1v) is 7.47. The zero-order valence-corrected chi connectivity index (χ0v) is 12.7. The molecule has 1 aliphatic carbocycles. The number of benzene rings is 1. The van der Waals surface area contributed by atoms with Crippen LogP contribution < -0.4 is 0 Å². The third-order valence-electron chi connectivity index (χ3n) is 4.64. The molecule has 1 nitrogen and oxygen atoms in total. The number of ketones is 1. The van der Waals surface area contributed by atoms with Crippen LogP contribution in [-0.4, -0.2) is 5.78 Å². The van der Waals surface area contributed by atoms with Crippen LogP contribution in [0.15, 0.2) is 24.3 Å². The van der Waals surface area contributed by atoms with E-state index < -0.39 is 0 Å². The van der Waals surface area contributed by atoms with Crippen LogP contribution in [0, 0.1) is 18.3 Å². The normalized spacial score (nSPS) is 25.2. The maximum Gasteiger partial charge on any atom is 0.140 e. The third kappa shape index (κ3) is 3.46. The van der Waals surface area contributed by atoms with Gasteiger partial charge < -0.3 is 0 Å². The maximum absolute atomic E-state index is 12.4. The molecule has 1 aromatic carbocycles. The highest BCUT2D eigenvalue weighted by Gasteiger charge is 2.31. The Morgan fingerprint density at radius 1 is 1.00 bits per heavy atom. The summed E-state index contributed by atoms with van der Waals surface area (Å²) in [7, 11) is 0. The van der Waals surface area contributed by atoms with Crippen molar-refractivity contribution in [3.8, 4) is 0 Å². The summed E-state index contributed by atoms with van der Waals surface area (Å²) in [5, 5.41) is 0. The van der Waals surface area contributed by atoms with E-state index in [-0.39, 0.29) is 5.92 Å². The average molecular weight is 258 g/mol. The molecular formula is C18H26O. The highest BCUT2D eigenvalue weighted by Crippen LogP contribution is 2.39. The van der Waals surface area contributed by atoms with Crippen LogP contribution in [0.1, 0.15) is 63.5 Å². The molecule has 2 atom stereocenters. The quantitative estimate of drug-likeness (QED) is 0.656. The van der Waals surface area contributed by atoms with Crippen molar-refractivity contribution in [2.45, 2.75) is 59.3 Å². The molecular weight excluding hydrogens is 232 g/mol. The Kier molecular flexibility index (Phi) is 4.13. The standard InChI is InChI=1S/C18H26O/c1-13-5-7-14(8-6-13)16-11-9-15(18(2,3)4)10-12-17(16)19/h5-8,15-16H,9-12H2,1-4H3/t15-,16+/m1/s1. The smallest absolute Gasteiger partial charge is 0.140 e. The molecule has 1 saturated carbocycles. The molecule has 0 spiro atoms. The van der Waals surface area contributed by atoms with Gasteiger partial charge in [-0.3, -0.25) is 4.79 Å². The van der Waals surface area contributed by atoms with Gasteiger partial charge in [0.15, 0.2) is 0 Å². The summed E-state index contributed by atoms with van der Waals surface area (Å²) in [6.07, 6.45) is 4.00. The molecule has 0 N–H and O–H groups in total. The van der Waals surface area contributed by atoms with Crippen molar-refractivity contribution in [1.29, 1.82) is 0 Å². The molecule has 0 unspecified atom stereocenters. The van der Waals surface area contributed by atoms with E-state index in [1.807, 2.05) is 0 Å². The molecule has 1 aromatic rings. The molecule has 104 valence electrons. The first kappa shape index (κ1) is 14.3. The van der Waals surface area contributed by atoms with Gasteiger partial charge >= 0.3 is 0 Å². The molecule has 0 radical (unpaired) electrons. The van der Waals surface area contributed by atoms with Gasteiger partial charge in [-0.1, -0.05) is 50.6 Å². The van der Waals surface area contributed by atoms with E-state index in [2.05, 4.69) is 52.0 Å². The SMILES string of the molecule is Cc1ccc([C@@H]2CC[C@@H](C(C)(C)C)CCC2=O)cc1. The number of hydrogen-bond donors (Lipinski definition) is 0. The lowest BCUT2D eigenvalue weighted by molar-refractivity contribution is -0.120. The Bertz CT molecular complexity index is 436. The van der Waals surface area contributed by atoms with Gasteiger partial charge in [0.25, 0.3) is 0 Å². The van der Waals surface area contributed by atoms with Gasteiger partial charge in [0.1, 0.15) is 5.78 Å². The summed E-state index contributed by atoms with van der Waals surface area (Å²) in [5.41, 5.74) is 2.80. The number of rotatable bonds is 1. The summed E-state index contributed by atoms with van der Waals surface area (Å²) >= 11 is 0. The number of hydrogen-bond acceptors (Lipinski definition) is 1. The summed E-state index contributed by atoms with van der Waals surface area (Å²) in [5.74, 6) is 1.25. The van der Waals surface area contributed by atoms with Crippen molar-refractivity contribution in [2.75, 3.05) is 0 Å². The van der Waals surface area contributed by atoms with Gasteiger partial charge in [0, 0.05) is 12.3 Å². The van der Waals surface area contributed by atoms with Gasteiger partial charge in [0.2, 0.25) is 0 Å². The second kappa shape index (κ2) is 5.48. The van der Waals surface area contributed by atoms with E-state index in [1.54, 1.807) is 0 Å². The van der Waals surface area contributed by atoms with Gasteiger partial charge in [-0.15, -0.1) is 0 Å². The van der Waals surface area contributed by atoms with Gasteiger partial charge in [-0.2, -0.15) is 0 Å². The van der Waals surface area contributed by atoms with Gasteiger partial charge in [0.05, 0.1) is 0 Å². The fourth-order valence-electron chi connectivity index (χ4n) is 3.18. The maximum atomic E-state index is 12.4. The minimum Gasteiger partial charge on any atom is -0.299 e. The molecule has 0 bridgehead atoms. The first-order chi connectivity index (χ1) is 8.88. The number of Topliss-reactive ketones (excluding diaryl/α,β-unsaturated/α-hetero) is 1. The molecule has 2 rings (SSSR count). The molecule has 1 aliphatic rings. The van der Waals surface area contributed by atoms with Crippen LogP contribution in [0.5, 0.6) is 0 Å². The van der Waals surface area contributed by atoms with E-state index in [4.69, 9.17) is 0 Å². The Hall–Kier alpha value is -1.11. The van der Waals surface area contributed by atoms with Crippen molar-refractivity contribution >= 4 is 5.78 Å².